The Morgan fingerprint density at radius 3 is 2.53 bits per heavy atom. The van der Waals surface area contributed by atoms with E-state index in [9.17, 15) is 4.79 Å². The quantitative estimate of drug-likeness (QED) is 0.222. The van der Waals surface area contributed by atoms with E-state index < -0.39 is 0 Å². The van der Waals surface area contributed by atoms with Crippen LogP contribution in [0.4, 0.5) is 0 Å². The normalized spacial score (nSPS) is 37.1. The van der Waals surface area contributed by atoms with E-state index in [4.69, 9.17) is 24.7 Å². The molecule has 3 aliphatic rings. The van der Waals surface area contributed by atoms with Crippen molar-refractivity contribution < 1.29 is 23.7 Å². The lowest BCUT2D eigenvalue weighted by Crippen LogP contribution is -2.55. The molecule has 172 valence electrons. The van der Waals surface area contributed by atoms with Crippen molar-refractivity contribution in [1.82, 2.24) is 0 Å². The van der Waals surface area contributed by atoms with Crippen molar-refractivity contribution in [2.45, 2.75) is 108 Å². The van der Waals surface area contributed by atoms with Crippen molar-refractivity contribution in [3.63, 3.8) is 0 Å². The standard InChI is InChI=1S/C24H41NO5/c1-17(2)11-12-19-23(3,30-19)22-21(27-4)18(13-14-24(22)16-28-24)29-20(26)10-8-6-5-7-9-15-25/h11,18-19,21-22H,5-10,12-16,25H2,1-4H3/t18?,19-,21?,22?,23+,24+/m1/s1. The molecule has 2 aliphatic heterocycles. The fourth-order valence-electron chi connectivity index (χ4n) is 5.24. The molecule has 6 nitrogen and oxygen atoms in total. The van der Waals surface area contributed by atoms with Gasteiger partial charge in [0.2, 0.25) is 0 Å². The van der Waals surface area contributed by atoms with Gasteiger partial charge in [-0.25, -0.2) is 0 Å². The summed E-state index contributed by atoms with van der Waals surface area (Å²) in [6, 6.07) is 0. The second kappa shape index (κ2) is 10.1. The summed E-state index contributed by atoms with van der Waals surface area (Å²) >= 11 is 0. The number of carbonyl (C=O) groups excluding carboxylic acids is 1. The molecule has 3 rings (SSSR count). The number of esters is 1. The second-order valence-electron chi connectivity index (χ2n) is 9.71. The van der Waals surface area contributed by atoms with Crippen LogP contribution in [-0.2, 0) is 23.7 Å². The fourth-order valence-corrected chi connectivity index (χ4v) is 5.24. The van der Waals surface area contributed by atoms with Crippen LogP contribution in [0.3, 0.4) is 0 Å². The molecule has 2 N–H and O–H groups in total. The third kappa shape index (κ3) is 5.45. The van der Waals surface area contributed by atoms with Gasteiger partial charge in [0.05, 0.1) is 18.6 Å². The smallest absolute Gasteiger partial charge is 0.306 e. The number of hydrogen-bond donors (Lipinski definition) is 1. The molecular weight excluding hydrogens is 382 g/mol. The van der Waals surface area contributed by atoms with Crippen molar-refractivity contribution in [1.29, 1.82) is 0 Å². The van der Waals surface area contributed by atoms with Crippen LogP contribution >= 0.6 is 0 Å². The molecule has 1 saturated carbocycles. The van der Waals surface area contributed by atoms with Crippen LogP contribution in [0.15, 0.2) is 11.6 Å². The Balaban J connectivity index is 1.56. The summed E-state index contributed by atoms with van der Waals surface area (Å²) in [6.07, 6.45) is 10.2. The van der Waals surface area contributed by atoms with Gasteiger partial charge in [0.1, 0.15) is 23.4 Å². The van der Waals surface area contributed by atoms with E-state index >= 15 is 0 Å². The summed E-state index contributed by atoms with van der Waals surface area (Å²) in [5.41, 5.74) is 6.35. The highest BCUT2D eigenvalue weighted by Crippen LogP contribution is 2.59. The number of hydrogen-bond acceptors (Lipinski definition) is 6. The Morgan fingerprint density at radius 1 is 1.20 bits per heavy atom. The minimum atomic E-state index is -0.294. The summed E-state index contributed by atoms with van der Waals surface area (Å²) in [7, 11) is 1.72. The predicted molar refractivity (Wildman–Crippen MR) is 116 cm³/mol. The highest BCUT2D eigenvalue weighted by Gasteiger charge is 2.72. The third-order valence-electron chi connectivity index (χ3n) is 7.10. The molecule has 2 saturated heterocycles. The van der Waals surface area contributed by atoms with Gasteiger partial charge in [-0.2, -0.15) is 0 Å². The van der Waals surface area contributed by atoms with Crippen LogP contribution in [0.2, 0.25) is 0 Å². The monoisotopic (exact) mass is 423 g/mol. The van der Waals surface area contributed by atoms with Crippen molar-refractivity contribution in [3.8, 4) is 0 Å². The highest BCUT2D eigenvalue weighted by atomic mass is 16.6. The lowest BCUT2D eigenvalue weighted by Gasteiger charge is -2.42. The van der Waals surface area contributed by atoms with Crippen molar-refractivity contribution in [2.24, 2.45) is 11.7 Å². The number of ether oxygens (including phenoxy) is 4. The molecule has 2 heterocycles. The summed E-state index contributed by atoms with van der Waals surface area (Å²) in [5, 5.41) is 0. The number of nitrogens with two attached hydrogens (primary N) is 1. The first-order valence-electron chi connectivity index (χ1n) is 11.7. The van der Waals surface area contributed by atoms with Crippen LogP contribution in [-0.4, -0.2) is 55.7 Å². The molecule has 6 heteroatoms. The molecule has 1 aliphatic carbocycles. The van der Waals surface area contributed by atoms with Gasteiger partial charge in [0.25, 0.3) is 0 Å². The molecule has 3 fully saturated rings. The molecule has 0 aromatic carbocycles. The first-order valence-corrected chi connectivity index (χ1v) is 11.7. The Labute approximate surface area is 181 Å². The minimum absolute atomic E-state index is 0.0772. The van der Waals surface area contributed by atoms with E-state index in [0.29, 0.717) is 6.42 Å². The topological polar surface area (TPSA) is 86.6 Å². The molecule has 0 amide bonds. The summed E-state index contributed by atoms with van der Waals surface area (Å²) in [4.78, 5) is 12.5. The number of unbranched alkanes of at least 4 members (excludes halogenated alkanes) is 4. The molecule has 0 aromatic rings. The Bertz CT molecular complexity index is 613. The predicted octanol–water partition coefficient (Wildman–Crippen LogP) is 3.91. The number of allylic oxidation sites excluding steroid dienone is 1. The van der Waals surface area contributed by atoms with Crippen LogP contribution in [0.1, 0.15) is 78.6 Å². The van der Waals surface area contributed by atoms with E-state index in [0.717, 1.165) is 64.5 Å². The fraction of sp³-hybridized carbons (Fsp3) is 0.875. The molecule has 30 heavy (non-hydrogen) atoms. The van der Waals surface area contributed by atoms with E-state index in [2.05, 4.69) is 26.8 Å². The van der Waals surface area contributed by atoms with E-state index in [1.165, 1.54) is 5.57 Å². The van der Waals surface area contributed by atoms with Gasteiger partial charge < -0.3 is 24.7 Å². The maximum atomic E-state index is 12.5. The number of epoxide rings is 2. The first kappa shape index (κ1) is 23.7. The second-order valence-corrected chi connectivity index (χ2v) is 9.71. The maximum absolute atomic E-state index is 12.5. The zero-order valence-corrected chi connectivity index (χ0v) is 19.3. The summed E-state index contributed by atoms with van der Waals surface area (Å²) in [5.74, 6) is -0.0383. The average molecular weight is 424 g/mol. The van der Waals surface area contributed by atoms with E-state index in [1.54, 1.807) is 7.11 Å². The number of rotatable bonds is 12. The lowest BCUT2D eigenvalue weighted by atomic mass is 9.68. The molecule has 3 unspecified atom stereocenters. The Morgan fingerprint density at radius 2 is 1.90 bits per heavy atom. The van der Waals surface area contributed by atoms with Gasteiger partial charge in [0.15, 0.2) is 0 Å². The van der Waals surface area contributed by atoms with Crippen molar-refractivity contribution >= 4 is 5.97 Å². The van der Waals surface area contributed by atoms with Gasteiger partial charge in [-0.15, -0.1) is 0 Å². The molecule has 0 bridgehead atoms. The molecule has 0 radical (unpaired) electrons. The van der Waals surface area contributed by atoms with Gasteiger partial charge >= 0.3 is 5.97 Å². The van der Waals surface area contributed by atoms with E-state index in [1.807, 2.05) is 0 Å². The first-order chi connectivity index (χ1) is 14.4. The highest BCUT2D eigenvalue weighted by molar-refractivity contribution is 5.69. The average Bonchev–Trinajstić information content (AvgIpc) is 3.62. The van der Waals surface area contributed by atoms with Crippen LogP contribution < -0.4 is 5.73 Å². The summed E-state index contributed by atoms with van der Waals surface area (Å²) in [6.45, 7) is 7.87. The van der Waals surface area contributed by atoms with Crippen molar-refractivity contribution in [3.05, 3.63) is 11.6 Å². The van der Waals surface area contributed by atoms with Crippen molar-refractivity contribution in [2.75, 3.05) is 20.3 Å². The molecule has 1 spiro atoms. The summed E-state index contributed by atoms with van der Waals surface area (Å²) < 4.78 is 24.0. The SMILES string of the molecule is COC1C(OC(=O)CCCCCCCN)CC[C@]2(CO2)C1[C@@]1(C)O[C@@H]1CC=C(C)C. The van der Waals surface area contributed by atoms with Gasteiger partial charge in [-0.3, -0.25) is 4.79 Å². The van der Waals surface area contributed by atoms with Gasteiger partial charge in [-0.05, 0) is 59.4 Å². The number of methoxy groups -OCH3 is 1. The van der Waals surface area contributed by atoms with Gasteiger partial charge in [0, 0.05) is 13.5 Å². The zero-order chi connectivity index (χ0) is 21.8. The number of carbonyl (C=O) groups is 1. The van der Waals surface area contributed by atoms with Crippen LogP contribution in [0.25, 0.3) is 0 Å². The molecular formula is C24H41NO5. The molecule has 0 aromatic heterocycles. The maximum Gasteiger partial charge on any atom is 0.306 e. The Hall–Kier alpha value is -0.950. The Kier molecular flexibility index (Phi) is 7.99. The largest absolute Gasteiger partial charge is 0.460 e. The van der Waals surface area contributed by atoms with E-state index in [-0.39, 0.29) is 41.4 Å². The van der Waals surface area contributed by atoms with Gasteiger partial charge in [-0.1, -0.05) is 30.9 Å². The lowest BCUT2D eigenvalue weighted by molar-refractivity contribution is -0.172. The third-order valence-corrected chi connectivity index (χ3v) is 7.10. The van der Waals surface area contributed by atoms with Crippen LogP contribution in [0.5, 0.6) is 0 Å². The van der Waals surface area contributed by atoms with Crippen LogP contribution in [0, 0.1) is 5.92 Å². The zero-order valence-electron chi connectivity index (χ0n) is 19.3. The minimum Gasteiger partial charge on any atom is -0.460 e. The molecule has 6 atom stereocenters.